The zero-order valence-electron chi connectivity index (χ0n) is 9.34. The van der Waals surface area contributed by atoms with Gasteiger partial charge in [0, 0.05) is 5.56 Å². The molecule has 0 saturated heterocycles. The van der Waals surface area contributed by atoms with Gasteiger partial charge in [-0.15, -0.1) is 0 Å². The van der Waals surface area contributed by atoms with Crippen LogP contribution in [-0.4, -0.2) is 12.7 Å². The van der Waals surface area contributed by atoms with Crippen LogP contribution in [0.5, 0.6) is 0 Å². The van der Waals surface area contributed by atoms with Gasteiger partial charge in [0.05, 0.1) is 18.8 Å². The number of hydrogen-bond donors (Lipinski definition) is 2. The predicted molar refractivity (Wildman–Crippen MR) is 57.5 cm³/mol. The largest absolute Gasteiger partial charge is 0.377 e. The molecule has 0 aliphatic heterocycles. The molecule has 0 aliphatic carbocycles. The SMILES string of the molecule is CC(C)OCC(NN)c1cc(F)ccc1F. The first-order valence-electron chi connectivity index (χ1n) is 5.07. The summed E-state index contributed by atoms with van der Waals surface area (Å²) in [6.45, 7) is 3.90. The summed E-state index contributed by atoms with van der Waals surface area (Å²) in [6.07, 6.45) is 0.00692. The van der Waals surface area contributed by atoms with Crippen molar-refractivity contribution in [3.05, 3.63) is 35.4 Å². The van der Waals surface area contributed by atoms with Crippen LogP contribution in [0.25, 0.3) is 0 Å². The van der Waals surface area contributed by atoms with Gasteiger partial charge in [0.2, 0.25) is 0 Å². The van der Waals surface area contributed by atoms with Gasteiger partial charge in [-0.3, -0.25) is 11.3 Å². The Kier molecular flexibility index (Phi) is 4.79. The number of ether oxygens (including phenoxy) is 1. The Morgan fingerprint density at radius 1 is 1.38 bits per heavy atom. The third kappa shape index (κ3) is 3.52. The van der Waals surface area contributed by atoms with Gasteiger partial charge in [0.15, 0.2) is 0 Å². The molecule has 1 atom stereocenters. The van der Waals surface area contributed by atoms with E-state index in [1.54, 1.807) is 0 Å². The van der Waals surface area contributed by atoms with E-state index in [0.29, 0.717) is 0 Å². The third-order valence-corrected chi connectivity index (χ3v) is 2.13. The molecule has 0 aliphatic rings. The van der Waals surface area contributed by atoms with Crippen LogP contribution < -0.4 is 11.3 Å². The lowest BCUT2D eigenvalue weighted by Gasteiger charge is -2.18. The summed E-state index contributed by atoms with van der Waals surface area (Å²) in [7, 11) is 0. The van der Waals surface area contributed by atoms with Crippen molar-refractivity contribution in [1.29, 1.82) is 0 Å². The summed E-state index contributed by atoms with van der Waals surface area (Å²) in [5, 5.41) is 0. The molecule has 1 unspecified atom stereocenters. The van der Waals surface area contributed by atoms with E-state index in [-0.39, 0.29) is 18.3 Å². The highest BCUT2D eigenvalue weighted by atomic mass is 19.1. The number of halogens is 2. The lowest BCUT2D eigenvalue weighted by molar-refractivity contribution is 0.0604. The molecule has 16 heavy (non-hydrogen) atoms. The van der Waals surface area contributed by atoms with E-state index in [0.717, 1.165) is 18.2 Å². The molecule has 0 heterocycles. The number of rotatable bonds is 5. The normalized spacial score (nSPS) is 13.1. The van der Waals surface area contributed by atoms with Crippen LogP contribution in [0.4, 0.5) is 8.78 Å². The Balaban J connectivity index is 2.81. The van der Waals surface area contributed by atoms with Crippen molar-refractivity contribution < 1.29 is 13.5 Å². The maximum atomic E-state index is 13.4. The van der Waals surface area contributed by atoms with Crippen molar-refractivity contribution in [2.75, 3.05) is 6.61 Å². The van der Waals surface area contributed by atoms with Gasteiger partial charge >= 0.3 is 0 Å². The molecule has 0 saturated carbocycles. The fraction of sp³-hybridized carbons (Fsp3) is 0.455. The second kappa shape index (κ2) is 5.89. The average Bonchev–Trinajstić information content (AvgIpc) is 2.23. The zero-order valence-corrected chi connectivity index (χ0v) is 9.34. The van der Waals surface area contributed by atoms with Crippen LogP contribution in [0.15, 0.2) is 18.2 Å². The van der Waals surface area contributed by atoms with Crippen molar-refractivity contribution in [2.45, 2.75) is 26.0 Å². The number of nitrogens with two attached hydrogens (primary N) is 1. The Bertz CT molecular complexity index is 345. The van der Waals surface area contributed by atoms with Crippen LogP contribution in [0.1, 0.15) is 25.5 Å². The quantitative estimate of drug-likeness (QED) is 0.600. The number of hydrogen-bond acceptors (Lipinski definition) is 3. The van der Waals surface area contributed by atoms with Crippen LogP contribution >= 0.6 is 0 Å². The minimum absolute atomic E-state index is 0.00692. The van der Waals surface area contributed by atoms with E-state index in [1.807, 2.05) is 13.8 Å². The molecule has 0 bridgehead atoms. The van der Waals surface area contributed by atoms with E-state index in [1.165, 1.54) is 0 Å². The van der Waals surface area contributed by atoms with Crippen molar-refractivity contribution >= 4 is 0 Å². The molecule has 0 spiro atoms. The van der Waals surface area contributed by atoms with Gasteiger partial charge in [-0.1, -0.05) is 0 Å². The molecule has 3 nitrogen and oxygen atoms in total. The van der Waals surface area contributed by atoms with E-state index >= 15 is 0 Å². The average molecular weight is 230 g/mol. The molecule has 0 aromatic heterocycles. The molecular weight excluding hydrogens is 214 g/mol. The first kappa shape index (κ1) is 13.0. The standard InChI is InChI=1S/C11H16F2N2O/c1-7(2)16-6-11(15-14)9-5-8(12)3-4-10(9)13/h3-5,7,11,15H,6,14H2,1-2H3. The molecule has 0 radical (unpaired) electrons. The van der Waals surface area contributed by atoms with Gasteiger partial charge in [-0.2, -0.15) is 0 Å². The summed E-state index contributed by atoms with van der Waals surface area (Å²) < 4.78 is 31.7. The molecular formula is C11H16F2N2O. The first-order chi connectivity index (χ1) is 7.54. The molecule has 1 rings (SSSR count). The lowest BCUT2D eigenvalue weighted by atomic mass is 10.1. The molecule has 90 valence electrons. The van der Waals surface area contributed by atoms with Crippen molar-refractivity contribution in [3.63, 3.8) is 0 Å². The molecule has 1 aromatic carbocycles. The molecule has 1 aromatic rings. The van der Waals surface area contributed by atoms with E-state index in [4.69, 9.17) is 10.6 Å². The Morgan fingerprint density at radius 3 is 2.62 bits per heavy atom. The summed E-state index contributed by atoms with van der Waals surface area (Å²) in [5.74, 6) is 4.29. The summed E-state index contributed by atoms with van der Waals surface area (Å²) in [4.78, 5) is 0. The second-order valence-electron chi connectivity index (χ2n) is 3.77. The second-order valence-corrected chi connectivity index (χ2v) is 3.77. The number of nitrogens with one attached hydrogen (secondary N) is 1. The maximum Gasteiger partial charge on any atom is 0.128 e. The minimum atomic E-state index is -0.557. The van der Waals surface area contributed by atoms with Crippen molar-refractivity contribution in [1.82, 2.24) is 5.43 Å². The molecule has 3 N–H and O–H groups in total. The highest BCUT2D eigenvalue weighted by Gasteiger charge is 2.16. The summed E-state index contributed by atoms with van der Waals surface area (Å²) in [6, 6.07) is 2.70. The van der Waals surface area contributed by atoms with E-state index in [9.17, 15) is 8.78 Å². The van der Waals surface area contributed by atoms with Gasteiger partial charge < -0.3 is 4.74 Å². The van der Waals surface area contributed by atoms with E-state index in [2.05, 4.69) is 5.43 Å². The highest BCUT2D eigenvalue weighted by molar-refractivity contribution is 5.22. The molecule has 5 heteroatoms. The lowest BCUT2D eigenvalue weighted by Crippen LogP contribution is -2.32. The van der Waals surface area contributed by atoms with Gasteiger partial charge in [-0.05, 0) is 32.0 Å². The van der Waals surface area contributed by atoms with Crippen LogP contribution in [0.2, 0.25) is 0 Å². The van der Waals surface area contributed by atoms with E-state index < -0.39 is 17.7 Å². The Labute approximate surface area is 93.6 Å². The van der Waals surface area contributed by atoms with Gasteiger partial charge in [0.1, 0.15) is 11.6 Å². The third-order valence-electron chi connectivity index (χ3n) is 2.13. The molecule has 0 amide bonds. The predicted octanol–water partition coefficient (Wildman–Crippen LogP) is 1.89. The summed E-state index contributed by atoms with van der Waals surface area (Å²) >= 11 is 0. The van der Waals surface area contributed by atoms with Gasteiger partial charge in [-0.25, -0.2) is 8.78 Å². The zero-order chi connectivity index (χ0) is 12.1. The number of benzene rings is 1. The Morgan fingerprint density at radius 2 is 2.06 bits per heavy atom. The van der Waals surface area contributed by atoms with Crippen molar-refractivity contribution in [3.8, 4) is 0 Å². The topological polar surface area (TPSA) is 47.3 Å². The maximum absolute atomic E-state index is 13.4. The van der Waals surface area contributed by atoms with Crippen molar-refractivity contribution in [2.24, 2.45) is 5.84 Å². The molecule has 0 fully saturated rings. The fourth-order valence-corrected chi connectivity index (χ4v) is 1.30. The highest BCUT2D eigenvalue weighted by Crippen LogP contribution is 2.18. The summed E-state index contributed by atoms with van der Waals surface area (Å²) in [5.41, 5.74) is 2.58. The minimum Gasteiger partial charge on any atom is -0.377 e. The smallest absolute Gasteiger partial charge is 0.128 e. The first-order valence-corrected chi connectivity index (χ1v) is 5.07. The van der Waals surface area contributed by atoms with Crippen LogP contribution in [0.3, 0.4) is 0 Å². The Hall–Kier alpha value is -1.04. The van der Waals surface area contributed by atoms with Crippen LogP contribution in [0, 0.1) is 11.6 Å². The fourth-order valence-electron chi connectivity index (χ4n) is 1.30. The van der Waals surface area contributed by atoms with Gasteiger partial charge in [0.25, 0.3) is 0 Å². The van der Waals surface area contributed by atoms with Crippen LogP contribution in [-0.2, 0) is 4.74 Å². The number of hydrazine groups is 1. The monoisotopic (exact) mass is 230 g/mol.